The van der Waals surface area contributed by atoms with Gasteiger partial charge in [-0.2, -0.15) is 12.1 Å². The van der Waals surface area contributed by atoms with Crippen LogP contribution in [-0.4, -0.2) is 39.9 Å². The Balaban J connectivity index is 0.000000399. The molecule has 19 nitrogen and oxygen atoms in total. The maximum atomic E-state index is 10.9. The van der Waals surface area contributed by atoms with E-state index in [2.05, 4.69) is 94.7 Å². The van der Waals surface area contributed by atoms with E-state index in [0.29, 0.717) is 79.2 Å². The van der Waals surface area contributed by atoms with Gasteiger partial charge in [0.05, 0.1) is 38.5 Å². The molecule has 0 spiro atoms. The second-order valence-electron chi connectivity index (χ2n) is 20.6. The summed E-state index contributed by atoms with van der Waals surface area (Å²) in [5, 5.41) is 32.1. The molecule has 512 valence electrons. The van der Waals surface area contributed by atoms with Gasteiger partial charge < -0.3 is 53.7 Å². The molecule has 0 radical (unpaired) electrons. The Hall–Kier alpha value is -6.49. The number of hydrogen-bond donors (Lipinski definition) is 4. The summed E-state index contributed by atoms with van der Waals surface area (Å²) in [7, 11) is 0. The van der Waals surface area contributed by atoms with Crippen molar-refractivity contribution in [1.29, 1.82) is 0 Å². The minimum atomic E-state index is -0.457. The van der Waals surface area contributed by atoms with Crippen LogP contribution >= 0.6 is 110 Å². The molecule has 5 aromatic carbocycles. The predicted molar refractivity (Wildman–Crippen MR) is 395 cm³/mol. The molecule has 0 saturated carbocycles. The maximum absolute atomic E-state index is 10.9. The van der Waals surface area contributed by atoms with E-state index in [4.69, 9.17) is 82.6 Å². The number of aromatic hydroxyl groups is 1. The summed E-state index contributed by atoms with van der Waals surface area (Å²) in [5.41, 5.74) is 29.9. The number of hydrogen-bond acceptors (Lipinski definition) is 17. The summed E-state index contributed by atoms with van der Waals surface area (Å²) >= 11 is 36.3. The van der Waals surface area contributed by atoms with Gasteiger partial charge in [-0.15, -0.1) is 0 Å². The first-order valence-corrected chi connectivity index (χ1v) is 32.4. The van der Waals surface area contributed by atoms with Gasteiger partial charge in [-0.05, 0) is 252 Å². The van der Waals surface area contributed by atoms with Crippen LogP contribution in [-0.2, 0) is 42.1 Å². The largest absolute Gasteiger partial charge is 0.508 e. The molecular weight excluding hydrogens is 1930 g/mol. The van der Waals surface area contributed by atoms with E-state index < -0.39 is 9.85 Å². The molecule has 0 aliphatic rings. The number of pyridine rings is 5. The predicted octanol–water partition coefficient (Wildman–Crippen LogP) is 22.1. The van der Waals surface area contributed by atoms with Crippen LogP contribution in [0.2, 0.25) is 20.5 Å². The molecule has 5 aromatic heterocycles. The molecule has 0 aliphatic carbocycles. The van der Waals surface area contributed by atoms with E-state index in [1.165, 1.54) is 24.4 Å². The van der Waals surface area contributed by atoms with Gasteiger partial charge in [-0.25, -0.2) is 15.0 Å². The van der Waals surface area contributed by atoms with Gasteiger partial charge in [0.1, 0.15) is 61.5 Å². The van der Waals surface area contributed by atoms with Crippen molar-refractivity contribution in [2.45, 2.75) is 83.1 Å². The molecule has 10 rings (SSSR count). The SMILES string of the molecule is Cc1[c-]c(Oc2cc(C)c(N)cc2C)ccn1.Cc1cc(Oc2ccnc(C)c2Br)c(C)cc1N.Cc1cc(Oc2ccnc(Cl)c2Br)c(C)cc1N.Cc1cc([N+](=O)[O-])c(C)cc1O.Cc1cc([N+](=O)[O-])c(C)cc1Oc1ccnc(Cl)c1Br.Clc1ccnc(Cl)c1Br.[CH3-].[W].[W]. The van der Waals surface area contributed by atoms with Gasteiger partial charge in [0, 0.05) is 125 Å². The van der Waals surface area contributed by atoms with Gasteiger partial charge in [-0.1, -0.05) is 58.3 Å². The number of nitrogens with two attached hydrogens (primary N) is 3. The first-order chi connectivity index (χ1) is 44.2. The van der Waals surface area contributed by atoms with Gasteiger partial charge in [0.15, 0.2) is 0 Å². The number of phenolic OH excluding ortho intramolecular Hbond substituents is 1. The Labute approximate surface area is 646 Å². The number of anilines is 3. The smallest absolute Gasteiger partial charge is 0.272 e. The number of aromatic nitrogens is 5. The zero-order chi connectivity index (χ0) is 70.0. The average Bonchev–Trinajstić information content (AvgIpc) is 0.846. The molecule has 0 aliphatic heterocycles. The fourth-order valence-electron chi connectivity index (χ4n) is 7.79. The number of nitrogens with zero attached hydrogens (tertiary/aromatic N) is 7. The van der Waals surface area contributed by atoms with Crippen molar-refractivity contribution in [2.75, 3.05) is 17.2 Å². The number of nitro benzene ring substituents is 2. The summed E-state index contributed by atoms with van der Waals surface area (Å²) < 4.78 is 26.0. The molecule has 0 atom stereocenters. The summed E-state index contributed by atoms with van der Waals surface area (Å²) in [6, 6.07) is 29.2. The van der Waals surface area contributed by atoms with Crippen LogP contribution in [0, 0.1) is 117 Å². The normalized spacial score (nSPS) is 9.94. The standard InChI is InChI=1S/C14H15BrN2O.C14H15N2O.C13H10BrClN2O3.C13H12BrClN2O.C8H9NO3.C5H2BrCl2N.CH3.2W/c1-8-7-13(9(2)6-11(8)16)18-12-4-5-17-10(3)14(12)15;1-9-7-14(10(2)6-13(9)15)17-12-4-5-16-11(3)8-12;1-7-6-11(8(2)5-9(7)17(18)19)20-10-3-4-16-13(15)12(10)14;1-7-6-11(8(2)5-9(7)16)18-10-3-4-17-13(15)12(10)14;1-5-4-8(10)6(2)3-7(5)9(11)12;6-4-3(7)1-2-9-5(4)8;;;/h4-7H,16H2,1-3H3;4-7H,15H2,1-3H3;3-6H,1-2H3;3-6H,16H2,1-2H3;3-4,10H,1-2H3;1-2H;1H3;;/q;-1;;;;;-1;;. The first kappa shape index (κ1) is 86.6. The van der Waals surface area contributed by atoms with Crippen molar-refractivity contribution in [3.63, 3.8) is 0 Å². The van der Waals surface area contributed by atoms with Crippen molar-refractivity contribution in [3.8, 4) is 51.7 Å². The molecule has 0 unspecified atom stereocenters. The minimum absolute atomic E-state index is 0. The van der Waals surface area contributed by atoms with Crippen molar-refractivity contribution >= 4 is 139 Å². The van der Waals surface area contributed by atoms with Gasteiger partial charge >= 0.3 is 0 Å². The van der Waals surface area contributed by atoms with Crippen LogP contribution in [0.5, 0.6) is 51.7 Å². The Morgan fingerprint density at radius 1 is 0.412 bits per heavy atom. The van der Waals surface area contributed by atoms with Gasteiger partial charge in [0.2, 0.25) is 0 Å². The molecule has 0 bridgehead atoms. The molecule has 29 heteroatoms. The zero-order valence-corrected chi connectivity index (χ0v) is 69.7. The van der Waals surface area contributed by atoms with E-state index in [1.54, 1.807) is 82.8 Å². The van der Waals surface area contributed by atoms with Crippen LogP contribution in [0.1, 0.15) is 67.0 Å². The minimum Gasteiger partial charge on any atom is -0.508 e. The summed E-state index contributed by atoms with van der Waals surface area (Å²) in [4.78, 5) is 40.3. The Bertz CT molecular complexity index is 4290. The summed E-state index contributed by atoms with van der Waals surface area (Å²) in [6.07, 6.45) is 8.11. The number of phenols is 1. The van der Waals surface area contributed by atoms with Crippen molar-refractivity contribution in [1.82, 2.24) is 24.9 Å². The number of benzene rings is 5. The molecule has 10 aromatic rings. The van der Waals surface area contributed by atoms with E-state index in [1.807, 2.05) is 97.9 Å². The van der Waals surface area contributed by atoms with E-state index in [-0.39, 0.29) is 66.7 Å². The number of halogens is 8. The van der Waals surface area contributed by atoms with E-state index in [9.17, 15) is 25.3 Å². The molecular formula is C68H66Br4Cl4N10O9W2-2. The number of aryl methyl sites for hydroxylation is 12. The molecule has 7 N–H and O–H groups in total. The summed E-state index contributed by atoms with van der Waals surface area (Å²) in [6.45, 7) is 22.2. The van der Waals surface area contributed by atoms with Crippen LogP contribution in [0.4, 0.5) is 28.4 Å². The molecule has 0 saturated heterocycles. The topological polar surface area (TPSA) is 286 Å². The van der Waals surface area contributed by atoms with E-state index in [0.717, 1.165) is 89.3 Å². The second-order valence-corrected chi connectivity index (χ2v) is 25.3. The number of nitrogen functional groups attached to an aromatic ring is 3. The Kier molecular flexibility index (Phi) is 36.2. The molecule has 0 fully saturated rings. The van der Waals surface area contributed by atoms with Crippen molar-refractivity contribution < 1.29 is 76.0 Å². The monoisotopic (exact) mass is 1990 g/mol. The third-order valence-electron chi connectivity index (χ3n) is 13.2. The van der Waals surface area contributed by atoms with Crippen molar-refractivity contribution in [2.24, 2.45) is 0 Å². The molecule has 5 heterocycles. The van der Waals surface area contributed by atoms with Crippen molar-refractivity contribution in [3.05, 3.63) is 261 Å². The van der Waals surface area contributed by atoms with Gasteiger partial charge in [0.25, 0.3) is 11.4 Å². The average molecular weight is 2000 g/mol. The fourth-order valence-corrected chi connectivity index (χ4v) is 9.63. The van der Waals surface area contributed by atoms with E-state index >= 15 is 0 Å². The molecule has 97 heavy (non-hydrogen) atoms. The Morgan fingerprint density at radius 2 is 0.742 bits per heavy atom. The van der Waals surface area contributed by atoms with Gasteiger partial charge in [-0.3, -0.25) is 25.2 Å². The van der Waals surface area contributed by atoms with Crippen LogP contribution in [0.25, 0.3) is 0 Å². The first-order valence-electron chi connectivity index (χ1n) is 27.7. The number of nitro groups is 2. The fraction of sp³-hybridized carbons (Fsp3) is 0.176. The zero-order valence-electron chi connectivity index (χ0n) is 54.5. The van der Waals surface area contributed by atoms with Crippen LogP contribution < -0.4 is 36.1 Å². The Morgan fingerprint density at radius 3 is 1.13 bits per heavy atom. The van der Waals surface area contributed by atoms with Crippen LogP contribution in [0.15, 0.2) is 140 Å². The number of rotatable bonds is 10. The number of ether oxygens (including phenoxy) is 4. The second kappa shape index (κ2) is 40.5. The van der Waals surface area contributed by atoms with Crippen LogP contribution in [0.3, 0.4) is 0 Å². The maximum Gasteiger partial charge on any atom is 0.272 e. The molecule has 0 amide bonds. The third-order valence-corrected chi connectivity index (χ3v) is 18.6. The summed E-state index contributed by atoms with van der Waals surface area (Å²) in [5.74, 6) is 5.56. The quantitative estimate of drug-likeness (QED) is 0.0325. The third kappa shape index (κ3) is 25.6.